The summed E-state index contributed by atoms with van der Waals surface area (Å²) in [6, 6.07) is 14.3. The molecule has 3 nitrogen and oxygen atoms in total. The van der Waals surface area contributed by atoms with E-state index in [9.17, 15) is 4.79 Å². The minimum atomic E-state index is 0.0239. The smallest absolute Gasteiger partial charge is 0.228 e. The number of nitrogens with zero attached hydrogens (tertiary/aromatic N) is 1. The van der Waals surface area contributed by atoms with E-state index in [2.05, 4.69) is 48.3 Å². The van der Waals surface area contributed by atoms with Gasteiger partial charge in [0, 0.05) is 23.8 Å². The van der Waals surface area contributed by atoms with Crippen molar-refractivity contribution in [1.82, 2.24) is 4.90 Å². The number of likely N-dealkylation sites (tertiary alicyclic amines) is 1. The maximum absolute atomic E-state index is 13.0. The Morgan fingerprint density at radius 3 is 2.41 bits per heavy atom. The van der Waals surface area contributed by atoms with Crippen molar-refractivity contribution in [3.05, 3.63) is 64.2 Å². The summed E-state index contributed by atoms with van der Waals surface area (Å²) < 4.78 is 0. The van der Waals surface area contributed by atoms with Gasteiger partial charge in [0.15, 0.2) is 0 Å². The molecule has 0 saturated carbocycles. The number of benzene rings is 2. The van der Waals surface area contributed by atoms with Crippen molar-refractivity contribution in [2.24, 2.45) is 5.92 Å². The minimum absolute atomic E-state index is 0.0239. The molecular weight excluding hydrogens is 356 g/mol. The Morgan fingerprint density at radius 1 is 1.07 bits per heavy atom. The molecule has 1 saturated heterocycles. The van der Waals surface area contributed by atoms with Gasteiger partial charge in [-0.05, 0) is 55.0 Å². The fraction of sp³-hybridized carbons (Fsp3) is 0.435. The molecule has 1 aliphatic heterocycles. The third-order valence-electron chi connectivity index (χ3n) is 5.48. The molecule has 0 bridgehead atoms. The van der Waals surface area contributed by atoms with Crippen LogP contribution in [0.2, 0.25) is 5.02 Å². The molecule has 3 rings (SSSR count). The van der Waals surface area contributed by atoms with Crippen LogP contribution in [0.5, 0.6) is 0 Å². The highest BCUT2D eigenvalue weighted by Crippen LogP contribution is 2.26. The summed E-state index contributed by atoms with van der Waals surface area (Å²) in [6.07, 6.45) is 3.83. The number of halogens is 1. The van der Waals surface area contributed by atoms with Crippen molar-refractivity contribution in [2.75, 3.05) is 18.4 Å². The highest BCUT2D eigenvalue weighted by molar-refractivity contribution is 6.31. The summed E-state index contributed by atoms with van der Waals surface area (Å²) in [5.74, 6) is 0.172. The Morgan fingerprint density at radius 2 is 1.74 bits per heavy atom. The standard InChI is InChI=1S/C23H29ClN2O/c1-3-17-10-7-11-18(4-2)22(17)25-23(27)20-12-8-14-26(16-20)15-19-9-5-6-13-21(19)24/h5-7,9-11,13,20H,3-4,8,12,14-16H2,1-2H3,(H,25,27)/t20-/m1/s1. The second kappa shape index (κ2) is 9.38. The summed E-state index contributed by atoms with van der Waals surface area (Å²) in [5, 5.41) is 4.05. The molecule has 27 heavy (non-hydrogen) atoms. The third-order valence-corrected chi connectivity index (χ3v) is 5.84. The van der Waals surface area contributed by atoms with Crippen LogP contribution in [0.25, 0.3) is 0 Å². The second-order valence-electron chi connectivity index (χ2n) is 7.31. The predicted octanol–water partition coefficient (Wildman–Crippen LogP) is 5.32. The van der Waals surface area contributed by atoms with Gasteiger partial charge >= 0.3 is 0 Å². The summed E-state index contributed by atoms with van der Waals surface area (Å²) in [7, 11) is 0. The lowest BCUT2D eigenvalue weighted by Gasteiger charge is -2.32. The zero-order chi connectivity index (χ0) is 19.2. The molecule has 0 unspecified atom stereocenters. The first-order chi connectivity index (χ1) is 13.1. The molecule has 1 amide bonds. The summed E-state index contributed by atoms with van der Waals surface area (Å²) in [4.78, 5) is 15.4. The molecule has 0 aliphatic carbocycles. The van der Waals surface area contributed by atoms with Crippen molar-refractivity contribution in [1.29, 1.82) is 0 Å². The van der Waals surface area contributed by atoms with Crippen molar-refractivity contribution >= 4 is 23.2 Å². The van der Waals surface area contributed by atoms with Crippen LogP contribution in [0.15, 0.2) is 42.5 Å². The fourth-order valence-electron chi connectivity index (χ4n) is 3.91. The Kier molecular flexibility index (Phi) is 6.92. The molecule has 1 heterocycles. The van der Waals surface area contributed by atoms with Gasteiger partial charge in [0.25, 0.3) is 0 Å². The number of nitrogens with one attached hydrogen (secondary N) is 1. The number of amides is 1. The lowest BCUT2D eigenvalue weighted by atomic mass is 9.95. The number of para-hydroxylation sites is 1. The van der Waals surface area contributed by atoms with Gasteiger partial charge < -0.3 is 5.32 Å². The summed E-state index contributed by atoms with van der Waals surface area (Å²) in [6.45, 7) is 6.87. The maximum atomic E-state index is 13.0. The average molecular weight is 385 g/mol. The lowest BCUT2D eigenvalue weighted by Crippen LogP contribution is -2.40. The van der Waals surface area contributed by atoms with Gasteiger partial charge in [0.05, 0.1) is 5.92 Å². The molecule has 1 fully saturated rings. The van der Waals surface area contributed by atoms with E-state index in [1.54, 1.807) is 0 Å². The number of anilines is 1. The monoisotopic (exact) mass is 384 g/mol. The molecule has 0 aromatic heterocycles. The summed E-state index contributed by atoms with van der Waals surface area (Å²) >= 11 is 6.31. The van der Waals surface area contributed by atoms with E-state index in [1.165, 1.54) is 11.1 Å². The molecule has 144 valence electrons. The SMILES string of the molecule is CCc1cccc(CC)c1NC(=O)[C@@H]1CCCN(Cc2ccccc2Cl)C1. The average Bonchev–Trinajstić information content (AvgIpc) is 2.70. The fourth-order valence-corrected chi connectivity index (χ4v) is 4.10. The number of aryl methyl sites for hydroxylation is 2. The highest BCUT2D eigenvalue weighted by atomic mass is 35.5. The van der Waals surface area contributed by atoms with Crippen molar-refractivity contribution in [3.63, 3.8) is 0 Å². The molecule has 4 heteroatoms. The van der Waals surface area contributed by atoms with Crippen molar-refractivity contribution < 1.29 is 4.79 Å². The Balaban J connectivity index is 1.68. The van der Waals surface area contributed by atoms with E-state index in [0.29, 0.717) is 0 Å². The topological polar surface area (TPSA) is 32.3 Å². The number of hydrogen-bond donors (Lipinski definition) is 1. The normalized spacial score (nSPS) is 17.7. The zero-order valence-corrected chi connectivity index (χ0v) is 17.1. The Labute approximate surface area is 167 Å². The van der Waals surface area contributed by atoms with E-state index in [-0.39, 0.29) is 11.8 Å². The number of rotatable bonds is 6. The van der Waals surface area contributed by atoms with E-state index >= 15 is 0 Å². The van der Waals surface area contributed by atoms with Crippen LogP contribution in [0.1, 0.15) is 43.4 Å². The van der Waals surface area contributed by atoms with Gasteiger partial charge in [-0.2, -0.15) is 0 Å². The molecule has 1 N–H and O–H groups in total. The van der Waals surface area contributed by atoms with E-state index in [1.807, 2.05) is 18.2 Å². The molecule has 2 aromatic rings. The quantitative estimate of drug-likeness (QED) is 0.731. The van der Waals surface area contributed by atoms with E-state index in [4.69, 9.17) is 11.6 Å². The number of carbonyl (C=O) groups is 1. The van der Waals surface area contributed by atoms with Crippen LogP contribution in [-0.4, -0.2) is 23.9 Å². The molecule has 0 radical (unpaired) electrons. The van der Waals surface area contributed by atoms with Gasteiger partial charge in [0.2, 0.25) is 5.91 Å². The van der Waals surface area contributed by atoms with Gasteiger partial charge in [0.1, 0.15) is 0 Å². The lowest BCUT2D eigenvalue weighted by molar-refractivity contribution is -0.121. The van der Waals surface area contributed by atoms with Gasteiger partial charge in [-0.15, -0.1) is 0 Å². The highest BCUT2D eigenvalue weighted by Gasteiger charge is 2.27. The molecular formula is C23H29ClN2O. The molecule has 1 atom stereocenters. The number of hydrogen-bond acceptors (Lipinski definition) is 2. The minimum Gasteiger partial charge on any atom is -0.325 e. The van der Waals surface area contributed by atoms with Crippen LogP contribution in [0.3, 0.4) is 0 Å². The van der Waals surface area contributed by atoms with Gasteiger partial charge in [-0.1, -0.05) is 61.8 Å². The van der Waals surface area contributed by atoms with Gasteiger partial charge in [-0.25, -0.2) is 0 Å². The maximum Gasteiger partial charge on any atom is 0.228 e. The van der Waals surface area contributed by atoms with Crippen LogP contribution in [0.4, 0.5) is 5.69 Å². The summed E-state index contributed by atoms with van der Waals surface area (Å²) in [5.41, 5.74) is 4.58. The predicted molar refractivity (Wildman–Crippen MR) is 113 cm³/mol. The van der Waals surface area contributed by atoms with Crippen LogP contribution < -0.4 is 5.32 Å². The van der Waals surface area contributed by atoms with Gasteiger partial charge in [-0.3, -0.25) is 9.69 Å². The second-order valence-corrected chi connectivity index (χ2v) is 7.72. The van der Waals surface area contributed by atoms with Crippen LogP contribution in [-0.2, 0) is 24.2 Å². The van der Waals surface area contributed by atoms with Crippen LogP contribution >= 0.6 is 11.6 Å². The van der Waals surface area contributed by atoms with Crippen molar-refractivity contribution in [3.8, 4) is 0 Å². The number of carbonyl (C=O) groups excluding carboxylic acids is 1. The first-order valence-electron chi connectivity index (χ1n) is 9.99. The Bertz CT molecular complexity index is 767. The first-order valence-corrected chi connectivity index (χ1v) is 10.4. The molecule has 1 aliphatic rings. The van der Waals surface area contributed by atoms with Crippen LogP contribution in [0, 0.1) is 5.92 Å². The zero-order valence-electron chi connectivity index (χ0n) is 16.3. The van der Waals surface area contributed by atoms with E-state index in [0.717, 1.165) is 61.6 Å². The first kappa shape index (κ1) is 19.9. The largest absolute Gasteiger partial charge is 0.325 e. The van der Waals surface area contributed by atoms with Crippen molar-refractivity contribution in [2.45, 2.75) is 46.1 Å². The molecule has 0 spiro atoms. The Hall–Kier alpha value is -1.84. The number of piperidine rings is 1. The third kappa shape index (κ3) is 4.91. The molecule has 2 aromatic carbocycles. The van der Waals surface area contributed by atoms with E-state index < -0.39 is 0 Å².